The molecule has 0 amide bonds. The van der Waals surface area contributed by atoms with Gasteiger partial charge in [-0.25, -0.2) is 0 Å². The fourth-order valence-corrected chi connectivity index (χ4v) is 1.70. The average molecular weight is 317 g/mol. The van der Waals surface area contributed by atoms with Crippen LogP contribution in [0.25, 0.3) is 0 Å². The summed E-state index contributed by atoms with van der Waals surface area (Å²) in [6, 6.07) is 9.61. The number of nitrogens with zero attached hydrogens (tertiary/aromatic N) is 1. The van der Waals surface area contributed by atoms with Crippen molar-refractivity contribution in [3.05, 3.63) is 51.7 Å². The van der Waals surface area contributed by atoms with Crippen molar-refractivity contribution < 1.29 is 4.84 Å². The molecule has 0 N–H and O–H groups in total. The van der Waals surface area contributed by atoms with Crippen LogP contribution in [0.15, 0.2) is 51.7 Å². The van der Waals surface area contributed by atoms with Gasteiger partial charge in [0.05, 0.1) is 4.47 Å². The molecule has 0 bridgehead atoms. The second-order valence-corrected chi connectivity index (χ2v) is 4.48. The van der Waals surface area contributed by atoms with Crippen molar-refractivity contribution >= 4 is 31.9 Å². The fourth-order valence-electron chi connectivity index (χ4n) is 1.04. The van der Waals surface area contributed by atoms with Gasteiger partial charge in [-0.1, -0.05) is 15.9 Å². The highest BCUT2D eigenvalue weighted by atomic mass is 79.9. The minimum absolute atomic E-state index is 0.774. The van der Waals surface area contributed by atoms with Crippen LogP contribution in [0.3, 0.4) is 0 Å². The summed E-state index contributed by atoms with van der Waals surface area (Å²) in [6.45, 7) is 0. The Morgan fingerprint density at radius 3 is 2.50 bits per heavy atom. The maximum atomic E-state index is 5.57. The van der Waals surface area contributed by atoms with Crippen molar-refractivity contribution in [3.8, 4) is 5.75 Å². The molecule has 0 saturated heterocycles. The van der Waals surface area contributed by atoms with Crippen molar-refractivity contribution in [2.45, 2.75) is 0 Å². The molecule has 2 aromatic rings. The number of halogens is 2. The van der Waals surface area contributed by atoms with E-state index >= 15 is 0 Å². The summed E-state index contributed by atoms with van der Waals surface area (Å²) in [5.41, 5.74) is 0. The van der Waals surface area contributed by atoms with Gasteiger partial charge in [0.1, 0.15) is 0 Å². The molecular formula is C10H7Br2NO. The van der Waals surface area contributed by atoms with Crippen molar-refractivity contribution in [3.63, 3.8) is 0 Å². The van der Waals surface area contributed by atoms with E-state index in [4.69, 9.17) is 4.84 Å². The monoisotopic (exact) mass is 315 g/mol. The highest BCUT2D eigenvalue weighted by Crippen LogP contribution is 2.28. The lowest BCUT2D eigenvalue weighted by atomic mass is 10.3. The molecule has 0 aliphatic heterocycles. The first-order valence-electron chi connectivity index (χ1n) is 4.02. The minimum atomic E-state index is 0.774. The van der Waals surface area contributed by atoms with Gasteiger partial charge in [0, 0.05) is 16.9 Å². The molecule has 4 heteroatoms. The molecule has 0 saturated carbocycles. The third-order valence-electron chi connectivity index (χ3n) is 1.67. The van der Waals surface area contributed by atoms with Crippen molar-refractivity contribution in [2.24, 2.45) is 0 Å². The first-order chi connectivity index (χ1) is 6.75. The summed E-state index contributed by atoms with van der Waals surface area (Å²) >= 11 is 6.81. The van der Waals surface area contributed by atoms with Crippen LogP contribution in [0, 0.1) is 0 Å². The normalized spacial score (nSPS) is 10.1. The smallest absolute Gasteiger partial charge is 0.171 e. The molecule has 0 spiro atoms. The first kappa shape index (κ1) is 9.80. The third kappa shape index (κ3) is 2.19. The molecule has 1 heterocycles. The number of aromatic nitrogens is 1. The number of hydrogen-bond acceptors (Lipinski definition) is 1. The molecule has 0 radical (unpaired) electrons. The summed E-state index contributed by atoms with van der Waals surface area (Å²) in [6.07, 6.45) is 3.68. The molecule has 1 aromatic heterocycles. The van der Waals surface area contributed by atoms with E-state index in [0.29, 0.717) is 0 Å². The van der Waals surface area contributed by atoms with Crippen LogP contribution in [0.1, 0.15) is 0 Å². The predicted molar refractivity (Wildman–Crippen MR) is 62.3 cm³/mol. The van der Waals surface area contributed by atoms with Crippen LogP contribution >= 0.6 is 31.9 Å². The van der Waals surface area contributed by atoms with Crippen molar-refractivity contribution in [1.29, 1.82) is 0 Å². The summed E-state index contributed by atoms with van der Waals surface area (Å²) in [5.74, 6) is 0.774. The topological polar surface area (TPSA) is 14.2 Å². The Kier molecular flexibility index (Phi) is 2.93. The molecule has 2 nitrogen and oxygen atoms in total. The van der Waals surface area contributed by atoms with Gasteiger partial charge in [0.25, 0.3) is 0 Å². The molecule has 0 aliphatic rings. The average Bonchev–Trinajstić information content (AvgIpc) is 2.64. The van der Waals surface area contributed by atoms with Crippen LogP contribution in [0.2, 0.25) is 0 Å². The second-order valence-electron chi connectivity index (χ2n) is 2.71. The summed E-state index contributed by atoms with van der Waals surface area (Å²) in [4.78, 5) is 5.57. The molecule has 2 rings (SSSR count). The summed E-state index contributed by atoms with van der Waals surface area (Å²) < 4.78 is 3.56. The SMILES string of the molecule is Brc1ccc(Br)c(On2cccc2)c1. The van der Waals surface area contributed by atoms with Crippen LogP contribution < -0.4 is 4.84 Å². The van der Waals surface area contributed by atoms with Crippen LogP contribution in [-0.2, 0) is 0 Å². The van der Waals surface area contributed by atoms with Crippen LogP contribution in [-0.4, -0.2) is 4.73 Å². The van der Waals surface area contributed by atoms with E-state index in [2.05, 4.69) is 31.9 Å². The molecule has 0 atom stereocenters. The van der Waals surface area contributed by atoms with Gasteiger partial charge >= 0.3 is 0 Å². The van der Waals surface area contributed by atoms with E-state index < -0.39 is 0 Å². The van der Waals surface area contributed by atoms with Gasteiger partial charge in [-0.3, -0.25) is 0 Å². The Hall–Kier alpha value is -0.740. The molecular weight excluding hydrogens is 310 g/mol. The van der Waals surface area contributed by atoms with E-state index in [1.54, 1.807) is 4.73 Å². The summed E-state index contributed by atoms with van der Waals surface area (Å²) in [7, 11) is 0. The van der Waals surface area contributed by atoms with E-state index in [1.165, 1.54) is 0 Å². The maximum Gasteiger partial charge on any atom is 0.171 e. The Labute approximate surface area is 98.7 Å². The molecule has 0 aliphatic carbocycles. The molecule has 0 fully saturated rings. The Morgan fingerprint density at radius 1 is 1.07 bits per heavy atom. The highest BCUT2D eigenvalue weighted by Gasteiger charge is 2.02. The van der Waals surface area contributed by atoms with Gasteiger partial charge in [-0.15, -0.1) is 0 Å². The fraction of sp³-hybridized carbons (Fsp3) is 0. The lowest BCUT2D eigenvalue weighted by Gasteiger charge is -2.07. The predicted octanol–water partition coefficient (Wildman–Crippen LogP) is 3.86. The Morgan fingerprint density at radius 2 is 1.79 bits per heavy atom. The molecule has 0 unspecified atom stereocenters. The van der Waals surface area contributed by atoms with Gasteiger partial charge < -0.3 is 4.84 Å². The maximum absolute atomic E-state index is 5.57. The molecule has 1 aromatic carbocycles. The third-order valence-corrected chi connectivity index (χ3v) is 2.82. The van der Waals surface area contributed by atoms with Gasteiger partial charge in [-0.05, 0) is 46.3 Å². The van der Waals surface area contributed by atoms with Crippen LogP contribution in [0.4, 0.5) is 0 Å². The van der Waals surface area contributed by atoms with E-state index in [0.717, 1.165) is 14.7 Å². The largest absolute Gasteiger partial charge is 0.375 e. The zero-order chi connectivity index (χ0) is 9.97. The second kappa shape index (κ2) is 4.19. The number of benzene rings is 1. The van der Waals surface area contributed by atoms with Gasteiger partial charge in [-0.2, -0.15) is 4.73 Å². The Balaban J connectivity index is 2.28. The minimum Gasteiger partial charge on any atom is -0.375 e. The van der Waals surface area contributed by atoms with Crippen molar-refractivity contribution in [2.75, 3.05) is 0 Å². The zero-order valence-corrected chi connectivity index (χ0v) is 10.3. The van der Waals surface area contributed by atoms with E-state index in [9.17, 15) is 0 Å². The van der Waals surface area contributed by atoms with Gasteiger partial charge in [0.15, 0.2) is 5.75 Å². The standard InChI is InChI=1S/C10H7Br2NO/c11-8-3-4-9(12)10(7-8)14-13-5-1-2-6-13/h1-7H. The lowest BCUT2D eigenvalue weighted by molar-refractivity contribution is 0.215. The van der Waals surface area contributed by atoms with Crippen molar-refractivity contribution in [1.82, 2.24) is 4.73 Å². The summed E-state index contributed by atoms with van der Waals surface area (Å²) in [5, 5.41) is 0. The first-order valence-corrected chi connectivity index (χ1v) is 5.61. The molecule has 14 heavy (non-hydrogen) atoms. The van der Waals surface area contributed by atoms with E-state index in [-0.39, 0.29) is 0 Å². The quantitative estimate of drug-likeness (QED) is 0.820. The van der Waals surface area contributed by atoms with Gasteiger partial charge in [0.2, 0.25) is 0 Å². The molecule has 72 valence electrons. The number of hydrogen-bond donors (Lipinski definition) is 0. The highest BCUT2D eigenvalue weighted by molar-refractivity contribution is 9.11. The van der Waals surface area contributed by atoms with Crippen LogP contribution in [0.5, 0.6) is 5.75 Å². The Bertz CT molecular complexity index is 426. The number of rotatable bonds is 2. The zero-order valence-electron chi connectivity index (χ0n) is 7.15. The lowest BCUT2D eigenvalue weighted by Crippen LogP contribution is -2.01. The van der Waals surface area contributed by atoms with E-state index in [1.807, 2.05) is 42.7 Å².